The third kappa shape index (κ3) is 4.91. The Kier molecular flexibility index (Phi) is 5.21. The number of amides is 1. The van der Waals surface area contributed by atoms with Crippen molar-refractivity contribution in [3.05, 3.63) is 0 Å². The molecule has 1 fully saturated rings. The highest BCUT2D eigenvalue weighted by molar-refractivity contribution is 5.68. The second kappa shape index (κ2) is 6.21. The highest BCUT2D eigenvalue weighted by atomic mass is 16.6. The van der Waals surface area contributed by atoms with Crippen molar-refractivity contribution in [2.24, 2.45) is 0 Å². The monoisotopic (exact) mass is 245 g/mol. The first-order chi connectivity index (χ1) is 7.94. The molecule has 0 bridgehead atoms. The quantitative estimate of drug-likeness (QED) is 0.816. The molecule has 0 radical (unpaired) electrons. The lowest BCUT2D eigenvalue weighted by molar-refractivity contribution is -0.00941. The second-order valence-corrected chi connectivity index (χ2v) is 5.24. The zero-order chi connectivity index (χ0) is 12.9. The molecule has 0 aromatic rings. The van der Waals surface area contributed by atoms with Crippen LogP contribution in [-0.4, -0.2) is 54.1 Å². The van der Waals surface area contributed by atoms with E-state index in [2.05, 4.69) is 0 Å². The normalized spacial score (nSPS) is 17.9. The maximum Gasteiger partial charge on any atom is 0.410 e. The summed E-state index contributed by atoms with van der Waals surface area (Å²) in [5, 5.41) is 9.03. The number of hydrogen-bond acceptors (Lipinski definition) is 4. The van der Waals surface area contributed by atoms with Gasteiger partial charge in [0.1, 0.15) is 5.60 Å². The number of hydrogen-bond donors (Lipinski definition) is 1. The minimum atomic E-state index is -0.504. The van der Waals surface area contributed by atoms with Gasteiger partial charge in [-0.25, -0.2) is 4.79 Å². The Morgan fingerprint density at radius 1 is 1.41 bits per heavy atom. The highest BCUT2D eigenvalue weighted by Gasteiger charge is 2.29. The van der Waals surface area contributed by atoms with Gasteiger partial charge in [0, 0.05) is 25.8 Å². The molecular weight excluding hydrogens is 222 g/mol. The van der Waals surface area contributed by atoms with Gasteiger partial charge in [-0.05, 0) is 33.6 Å². The topological polar surface area (TPSA) is 59.0 Å². The number of carbonyl (C=O) groups excluding carboxylic acids is 1. The molecule has 100 valence electrons. The van der Waals surface area contributed by atoms with Crippen LogP contribution in [0.5, 0.6) is 0 Å². The van der Waals surface area contributed by atoms with Crippen LogP contribution in [0, 0.1) is 0 Å². The van der Waals surface area contributed by atoms with E-state index in [1.54, 1.807) is 4.90 Å². The molecule has 5 heteroatoms. The molecule has 1 amide bonds. The summed E-state index contributed by atoms with van der Waals surface area (Å²) in [7, 11) is 0. The maximum absolute atomic E-state index is 12.0. The molecular formula is C12H23NO4. The van der Waals surface area contributed by atoms with E-state index >= 15 is 0 Å². The Morgan fingerprint density at radius 2 is 2.00 bits per heavy atom. The van der Waals surface area contributed by atoms with E-state index in [0.717, 1.165) is 12.8 Å². The Balaban J connectivity index is 2.60. The van der Waals surface area contributed by atoms with Gasteiger partial charge in [-0.2, -0.15) is 0 Å². The molecule has 0 unspecified atom stereocenters. The smallest absolute Gasteiger partial charge is 0.410 e. The summed E-state index contributed by atoms with van der Waals surface area (Å²) in [6.07, 6.45) is 1.26. The number of aliphatic hydroxyl groups is 1. The molecule has 0 atom stereocenters. The van der Waals surface area contributed by atoms with Crippen molar-refractivity contribution >= 4 is 6.09 Å². The molecule has 0 aromatic carbocycles. The van der Waals surface area contributed by atoms with Crippen molar-refractivity contribution < 1.29 is 19.4 Å². The fourth-order valence-electron chi connectivity index (χ4n) is 1.85. The second-order valence-electron chi connectivity index (χ2n) is 5.24. The number of carbonyl (C=O) groups is 1. The van der Waals surface area contributed by atoms with Crippen LogP contribution in [0.2, 0.25) is 0 Å². The standard InChI is InChI=1S/C12H23NO4/c1-12(2,3)17-11(15)13(6-7-14)10-4-8-16-9-5-10/h10,14H,4-9H2,1-3H3. The van der Waals surface area contributed by atoms with Crippen molar-refractivity contribution in [3.63, 3.8) is 0 Å². The van der Waals surface area contributed by atoms with Gasteiger partial charge in [0.2, 0.25) is 0 Å². The Labute approximate surface area is 103 Å². The molecule has 1 rings (SSSR count). The minimum absolute atomic E-state index is 0.0450. The van der Waals surface area contributed by atoms with E-state index in [9.17, 15) is 4.79 Å². The molecule has 1 heterocycles. The van der Waals surface area contributed by atoms with Crippen LogP contribution < -0.4 is 0 Å². The van der Waals surface area contributed by atoms with Gasteiger partial charge in [0.15, 0.2) is 0 Å². The molecule has 5 nitrogen and oxygen atoms in total. The van der Waals surface area contributed by atoms with Crippen molar-refractivity contribution in [3.8, 4) is 0 Å². The zero-order valence-electron chi connectivity index (χ0n) is 10.9. The van der Waals surface area contributed by atoms with Gasteiger partial charge in [-0.3, -0.25) is 0 Å². The SMILES string of the molecule is CC(C)(C)OC(=O)N(CCO)C1CCOCC1. The van der Waals surface area contributed by atoms with E-state index < -0.39 is 5.60 Å². The van der Waals surface area contributed by atoms with Crippen LogP contribution in [0.25, 0.3) is 0 Å². The Morgan fingerprint density at radius 3 is 2.47 bits per heavy atom. The van der Waals surface area contributed by atoms with E-state index in [1.165, 1.54) is 0 Å². The zero-order valence-corrected chi connectivity index (χ0v) is 10.9. The van der Waals surface area contributed by atoms with Crippen LogP contribution in [-0.2, 0) is 9.47 Å². The lowest BCUT2D eigenvalue weighted by Crippen LogP contribution is -2.47. The molecule has 0 saturated carbocycles. The minimum Gasteiger partial charge on any atom is -0.444 e. The largest absolute Gasteiger partial charge is 0.444 e. The highest BCUT2D eigenvalue weighted by Crippen LogP contribution is 2.18. The summed E-state index contributed by atoms with van der Waals surface area (Å²) in [4.78, 5) is 13.6. The van der Waals surface area contributed by atoms with Gasteiger partial charge in [0.25, 0.3) is 0 Å². The summed E-state index contributed by atoms with van der Waals surface area (Å²) in [5.74, 6) is 0. The summed E-state index contributed by atoms with van der Waals surface area (Å²) in [6.45, 7) is 7.12. The summed E-state index contributed by atoms with van der Waals surface area (Å²) >= 11 is 0. The van der Waals surface area contributed by atoms with Crippen LogP contribution in [0.15, 0.2) is 0 Å². The van der Waals surface area contributed by atoms with E-state index in [-0.39, 0.29) is 18.7 Å². The van der Waals surface area contributed by atoms with Gasteiger partial charge in [-0.1, -0.05) is 0 Å². The van der Waals surface area contributed by atoms with Crippen molar-refractivity contribution in [2.45, 2.75) is 45.3 Å². The average molecular weight is 245 g/mol. The summed E-state index contributed by atoms with van der Waals surface area (Å²) in [5.41, 5.74) is -0.504. The summed E-state index contributed by atoms with van der Waals surface area (Å²) in [6, 6.07) is 0.116. The number of aliphatic hydroxyl groups excluding tert-OH is 1. The number of nitrogens with zero attached hydrogens (tertiary/aromatic N) is 1. The number of ether oxygens (including phenoxy) is 2. The van der Waals surface area contributed by atoms with Crippen molar-refractivity contribution in [1.29, 1.82) is 0 Å². The fraction of sp³-hybridized carbons (Fsp3) is 0.917. The first-order valence-corrected chi connectivity index (χ1v) is 6.12. The lowest BCUT2D eigenvalue weighted by atomic mass is 10.1. The predicted molar refractivity (Wildman–Crippen MR) is 63.9 cm³/mol. The van der Waals surface area contributed by atoms with Crippen LogP contribution in [0.1, 0.15) is 33.6 Å². The van der Waals surface area contributed by atoms with Gasteiger partial charge >= 0.3 is 6.09 Å². The maximum atomic E-state index is 12.0. The molecule has 1 saturated heterocycles. The van der Waals surface area contributed by atoms with E-state index in [1.807, 2.05) is 20.8 Å². The lowest BCUT2D eigenvalue weighted by Gasteiger charge is -2.35. The molecule has 0 aromatic heterocycles. The third-order valence-electron chi connectivity index (χ3n) is 2.60. The van der Waals surface area contributed by atoms with Crippen LogP contribution in [0.4, 0.5) is 4.79 Å². The number of rotatable bonds is 3. The van der Waals surface area contributed by atoms with E-state index in [4.69, 9.17) is 14.6 Å². The Bertz CT molecular complexity index is 243. The van der Waals surface area contributed by atoms with Gasteiger partial charge in [-0.15, -0.1) is 0 Å². The van der Waals surface area contributed by atoms with E-state index in [0.29, 0.717) is 19.8 Å². The van der Waals surface area contributed by atoms with Gasteiger partial charge in [0.05, 0.1) is 6.61 Å². The van der Waals surface area contributed by atoms with Crippen LogP contribution >= 0.6 is 0 Å². The average Bonchev–Trinajstić information content (AvgIpc) is 2.24. The molecule has 1 aliphatic heterocycles. The molecule has 17 heavy (non-hydrogen) atoms. The molecule has 0 spiro atoms. The first kappa shape index (κ1) is 14.3. The molecule has 1 aliphatic rings. The summed E-state index contributed by atoms with van der Waals surface area (Å²) < 4.78 is 10.6. The fourth-order valence-corrected chi connectivity index (χ4v) is 1.85. The first-order valence-electron chi connectivity index (χ1n) is 6.12. The van der Waals surface area contributed by atoms with Gasteiger partial charge < -0.3 is 19.5 Å². The third-order valence-corrected chi connectivity index (χ3v) is 2.60. The Hall–Kier alpha value is -0.810. The predicted octanol–water partition coefficient (Wildman–Crippen LogP) is 1.39. The van der Waals surface area contributed by atoms with Crippen LogP contribution in [0.3, 0.4) is 0 Å². The molecule has 0 aliphatic carbocycles. The molecule has 1 N–H and O–H groups in total. The van der Waals surface area contributed by atoms with Crippen molar-refractivity contribution in [2.75, 3.05) is 26.4 Å². The van der Waals surface area contributed by atoms with Crippen molar-refractivity contribution in [1.82, 2.24) is 4.90 Å².